The largest absolute Gasteiger partial charge is 0.385 e. The molecule has 37 heavy (non-hydrogen) atoms. The van der Waals surface area contributed by atoms with Crippen molar-refractivity contribution >= 4 is 11.8 Å². The molecule has 0 saturated heterocycles. The number of rotatable bonds is 11. The highest BCUT2D eigenvalue weighted by Gasteiger charge is 2.26. The van der Waals surface area contributed by atoms with Crippen LogP contribution in [-0.2, 0) is 6.42 Å². The van der Waals surface area contributed by atoms with Crippen LogP contribution < -0.4 is 5.32 Å². The Balaban J connectivity index is 1.90. The third-order valence-corrected chi connectivity index (χ3v) is 5.93. The van der Waals surface area contributed by atoms with Crippen molar-refractivity contribution in [2.75, 3.05) is 13.1 Å². The van der Waals surface area contributed by atoms with E-state index in [1.165, 1.54) is 12.3 Å². The van der Waals surface area contributed by atoms with Gasteiger partial charge in [-0.15, -0.1) is 0 Å². The van der Waals surface area contributed by atoms with Gasteiger partial charge in [0.05, 0.1) is 11.7 Å². The number of hydrogen-bond donors (Lipinski definition) is 2. The standard InChI is InChI=1S/C29H33F2N3O3/c1-4-10-34(11-5-2)29(37)22-13-19(3)12-21(17-22)28(36)33-26(27(35)25-8-6-7-9-32-25)16-20-14-23(30)18-24(31)15-20/h6-9,12-15,17-18,26-27,35H,4-5,10-11,16H2,1-3H3,(H,33,36)/t26-,27?/m0/s1. The summed E-state index contributed by atoms with van der Waals surface area (Å²) >= 11 is 0. The SMILES string of the molecule is CCCN(CCC)C(=O)c1cc(C)cc(C(=O)N[C@@H](Cc2cc(F)cc(F)c2)C(O)c2ccccn2)c1. The quantitative estimate of drug-likeness (QED) is 0.381. The number of benzene rings is 2. The van der Waals surface area contributed by atoms with Gasteiger partial charge < -0.3 is 15.3 Å². The number of nitrogens with one attached hydrogen (secondary N) is 1. The maximum absolute atomic E-state index is 13.8. The fourth-order valence-electron chi connectivity index (χ4n) is 4.31. The zero-order valence-electron chi connectivity index (χ0n) is 21.4. The van der Waals surface area contributed by atoms with Crippen LogP contribution in [-0.4, -0.2) is 45.9 Å². The number of carbonyl (C=O) groups excluding carboxylic acids is 2. The molecular weight excluding hydrogens is 476 g/mol. The van der Waals surface area contributed by atoms with Crippen molar-refractivity contribution in [3.8, 4) is 0 Å². The zero-order valence-corrected chi connectivity index (χ0v) is 21.4. The van der Waals surface area contributed by atoms with Crippen molar-refractivity contribution < 1.29 is 23.5 Å². The Morgan fingerprint density at radius 3 is 2.22 bits per heavy atom. The first-order valence-electron chi connectivity index (χ1n) is 12.5. The summed E-state index contributed by atoms with van der Waals surface area (Å²) in [7, 11) is 0. The Bertz CT molecular complexity index is 1190. The summed E-state index contributed by atoms with van der Waals surface area (Å²) in [4.78, 5) is 32.4. The molecule has 1 aromatic heterocycles. The lowest BCUT2D eigenvalue weighted by Gasteiger charge is -2.25. The number of nitrogens with zero attached hydrogens (tertiary/aromatic N) is 2. The fraction of sp³-hybridized carbons (Fsp3) is 0.345. The third-order valence-electron chi connectivity index (χ3n) is 5.93. The Morgan fingerprint density at radius 2 is 1.62 bits per heavy atom. The Labute approximate surface area is 216 Å². The molecule has 1 heterocycles. The Morgan fingerprint density at radius 1 is 0.973 bits per heavy atom. The van der Waals surface area contributed by atoms with Crippen molar-refractivity contribution in [2.45, 2.75) is 52.2 Å². The molecule has 8 heteroatoms. The highest BCUT2D eigenvalue weighted by molar-refractivity contribution is 6.00. The number of aliphatic hydroxyl groups is 1. The van der Waals surface area contributed by atoms with E-state index in [1.807, 2.05) is 13.8 Å². The summed E-state index contributed by atoms with van der Waals surface area (Å²) in [5, 5.41) is 13.8. The number of hydrogen-bond acceptors (Lipinski definition) is 4. The second-order valence-electron chi connectivity index (χ2n) is 9.14. The molecule has 0 aliphatic rings. The van der Waals surface area contributed by atoms with Gasteiger partial charge in [-0.25, -0.2) is 8.78 Å². The zero-order chi connectivity index (χ0) is 26.9. The molecule has 2 atom stereocenters. The molecule has 0 saturated carbocycles. The molecule has 0 aliphatic carbocycles. The number of amides is 2. The van der Waals surface area contributed by atoms with E-state index in [9.17, 15) is 23.5 Å². The minimum absolute atomic E-state index is 0.0451. The maximum atomic E-state index is 13.8. The molecule has 2 amide bonds. The second kappa shape index (κ2) is 13.1. The van der Waals surface area contributed by atoms with Crippen molar-refractivity contribution in [1.29, 1.82) is 0 Å². The van der Waals surface area contributed by atoms with Gasteiger partial charge in [-0.3, -0.25) is 14.6 Å². The predicted molar refractivity (Wildman–Crippen MR) is 138 cm³/mol. The van der Waals surface area contributed by atoms with E-state index in [4.69, 9.17) is 0 Å². The molecule has 6 nitrogen and oxygen atoms in total. The lowest BCUT2D eigenvalue weighted by Crippen LogP contribution is -2.41. The van der Waals surface area contributed by atoms with Crippen LogP contribution in [0.25, 0.3) is 0 Å². The van der Waals surface area contributed by atoms with Gasteiger partial charge in [0.15, 0.2) is 0 Å². The van der Waals surface area contributed by atoms with E-state index in [0.717, 1.165) is 36.6 Å². The number of aryl methyl sites for hydroxylation is 1. The fourth-order valence-corrected chi connectivity index (χ4v) is 4.31. The van der Waals surface area contributed by atoms with Crippen molar-refractivity contribution in [1.82, 2.24) is 15.2 Å². The first-order chi connectivity index (χ1) is 17.7. The van der Waals surface area contributed by atoms with E-state index in [1.54, 1.807) is 42.2 Å². The van der Waals surface area contributed by atoms with Gasteiger partial charge in [0.1, 0.15) is 17.7 Å². The molecule has 0 bridgehead atoms. The molecule has 3 aromatic rings. The maximum Gasteiger partial charge on any atom is 0.253 e. The van der Waals surface area contributed by atoms with Crippen LogP contribution in [0.15, 0.2) is 60.8 Å². The Hall–Kier alpha value is -3.65. The highest BCUT2D eigenvalue weighted by Crippen LogP contribution is 2.21. The lowest BCUT2D eigenvalue weighted by molar-refractivity contribution is 0.0755. The molecule has 0 fully saturated rings. The lowest BCUT2D eigenvalue weighted by atomic mass is 9.97. The molecule has 2 N–H and O–H groups in total. The van der Waals surface area contributed by atoms with Crippen LogP contribution in [0, 0.1) is 18.6 Å². The van der Waals surface area contributed by atoms with E-state index in [2.05, 4.69) is 10.3 Å². The van der Waals surface area contributed by atoms with Gasteiger partial charge in [0.25, 0.3) is 11.8 Å². The minimum atomic E-state index is -1.24. The van der Waals surface area contributed by atoms with Crippen LogP contribution in [0.1, 0.15) is 70.3 Å². The van der Waals surface area contributed by atoms with Crippen LogP contribution in [0.2, 0.25) is 0 Å². The average Bonchev–Trinajstić information content (AvgIpc) is 2.87. The Kier molecular flexibility index (Phi) is 9.85. The van der Waals surface area contributed by atoms with E-state index < -0.39 is 29.7 Å². The molecule has 3 rings (SSSR count). The first kappa shape index (κ1) is 27.9. The van der Waals surface area contributed by atoms with Crippen LogP contribution in [0.5, 0.6) is 0 Å². The van der Waals surface area contributed by atoms with E-state index >= 15 is 0 Å². The van der Waals surface area contributed by atoms with Gasteiger partial charge in [-0.05, 0) is 79.8 Å². The van der Waals surface area contributed by atoms with Crippen molar-refractivity contribution in [3.05, 3.63) is 100 Å². The third kappa shape index (κ3) is 7.67. The van der Waals surface area contributed by atoms with E-state index in [0.29, 0.717) is 24.3 Å². The summed E-state index contributed by atoms with van der Waals surface area (Å²) in [5.41, 5.74) is 1.96. The highest BCUT2D eigenvalue weighted by atomic mass is 19.1. The van der Waals surface area contributed by atoms with Gasteiger partial charge in [-0.2, -0.15) is 0 Å². The molecule has 196 valence electrons. The average molecular weight is 510 g/mol. The first-order valence-corrected chi connectivity index (χ1v) is 12.5. The number of halogens is 2. The summed E-state index contributed by atoms with van der Waals surface area (Å²) in [6.45, 7) is 7.04. The second-order valence-corrected chi connectivity index (χ2v) is 9.14. The number of carbonyl (C=O) groups is 2. The monoisotopic (exact) mass is 509 g/mol. The molecule has 1 unspecified atom stereocenters. The molecule has 0 aliphatic heterocycles. The summed E-state index contributed by atoms with van der Waals surface area (Å²) in [6, 6.07) is 12.1. The predicted octanol–water partition coefficient (Wildman–Crippen LogP) is 5.01. The summed E-state index contributed by atoms with van der Waals surface area (Å²) < 4.78 is 27.7. The molecule has 2 aromatic carbocycles. The van der Waals surface area contributed by atoms with Crippen molar-refractivity contribution in [2.24, 2.45) is 0 Å². The topological polar surface area (TPSA) is 82.5 Å². The van der Waals surface area contributed by atoms with Gasteiger partial charge in [0.2, 0.25) is 0 Å². The smallest absolute Gasteiger partial charge is 0.253 e. The van der Waals surface area contributed by atoms with Crippen LogP contribution in [0.3, 0.4) is 0 Å². The normalized spacial score (nSPS) is 12.6. The summed E-state index contributed by atoms with van der Waals surface area (Å²) in [6.07, 6.45) is 1.86. The van der Waals surface area contributed by atoms with Crippen molar-refractivity contribution in [3.63, 3.8) is 0 Å². The van der Waals surface area contributed by atoms with E-state index in [-0.39, 0.29) is 23.5 Å². The molecule has 0 spiro atoms. The summed E-state index contributed by atoms with van der Waals surface area (Å²) in [5.74, 6) is -2.18. The van der Waals surface area contributed by atoms with Gasteiger partial charge in [-0.1, -0.05) is 19.9 Å². The minimum Gasteiger partial charge on any atom is -0.385 e. The van der Waals surface area contributed by atoms with Gasteiger partial charge >= 0.3 is 0 Å². The number of aromatic nitrogens is 1. The number of pyridine rings is 1. The molecule has 0 radical (unpaired) electrons. The van der Waals surface area contributed by atoms with Crippen LogP contribution >= 0.6 is 0 Å². The van der Waals surface area contributed by atoms with Crippen LogP contribution in [0.4, 0.5) is 8.78 Å². The van der Waals surface area contributed by atoms with Gasteiger partial charge in [0, 0.05) is 36.5 Å². The number of aliphatic hydroxyl groups excluding tert-OH is 1. The molecular formula is C29H33F2N3O3.